The first-order valence-corrected chi connectivity index (χ1v) is 15.0. The van der Waals surface area contributed by atoms with E-state index in [4.69, 9.17) is 9.47 Å². The molecule has 2 aromatic carbocycles. The number of alkyl halides is 3. The molecule has 5 nitrogen and oxygen atoms in total. The largest absolute Gasteiger partial charge is 0.449 e. The summed E-state index contributed by atoms with van der Waals surface area (Å²) in [5.74, 6) is -1.53. The highest BCUT2D eigenvalue weighted by Crippen LogP contribution is 2.28. The Morgan fingerprint density at radius 2 is 1.29 bits per heavy atom. The van der Waals surface area contributed by atoms with E-state index in [0.717, 1.165) is 32.1 Å². The average Bonchev–Trinajstić information content (AvgIpc) is 2.97. The lowest BCUT2D eigenvalue weighted by atomic mass is 10.0. The summed E-state index contributed by atoms with van der Waals surface area (Å²) >= 11 is 0. The van der Waals surface area contributed by atoms with Gasteiger partial charge in [-0.1, -0.05) is 95.9 Å². The highest BCUT2D eigenvalue weighted by molar-refractivity contribution is 5.96. The Bertz CT molecular complexity index is 1120. The van der Waals surface area contributed by atoms with Crippen LogP contribution in [0.2, 0.25) is 0 Å². The Morgan fingerprint density at radius 3 is 1.88 bits per heavy atom. The number of hydrogen-bond donors (Lipinski definition) is 0. The van der Waals surface area contributed by atoms with E-state index in [1.165, 1.54) is 56.0 Å². The molecule has 0 spiro atoms. The number of carbonyl (C=O) groups is 3. The lowest BCUT2D eigenvalue weighted by Crippen LogP contribution is -2.33. The molecule has 0 aliphatic rings. The van der Waals surface area contributed by atoms with Gasteiger partial charge in [0, 0.05) is 18.1 Å². The number of halogens is 3. The van der Waals surface area contributed by atoms with Gasteiger partial charge in [0.05, 0.1) is 5.56 Å². The molecule has 0 saturated heterocycles. The van der Waals surface area contributed by atoms with Gasteiger partial charge in [0.25, 0.3) is 0 Å². The lowest BCUT2D eigenvalue weighted by Gasteiger charge is -2.20. The maximum atomic E-state index is 13.3. The molecule has 0 bridgehead atoms. The van der Waals surface area contributed by atoms with E-state index < -0.39 is 24.2 Å². The molecule has 0 aromatic heterocycles. The molecule has 230 valence electrons. The number of ether oxygens (including phenoxy) is 2. The van der Waals surface area contributed by atoms with Crippen molar-refractivity contribution in [3.63, 3.8) is 0 Å². The monoisotopic (exact) mass is 588 g/mol. The molecule has 0 saturated carbocycles. The van der Waals surface area contributed by atoms with Gasteiger partial charge >= 0.3 is 18.1 Å². The Hall–Kier alpha value is -3.42. The van der Waals surface area contributed by atoms with Crippen LogP contribution < -0.4 is 4.74 Å². The molecule has 0 amide bonds. The van der Waals surface area contributed by atoms with Gasteiger partial charge in [0.2, 0.25) is 0 Å². The van der Waals surface area contributed by atoms with E-state index in [9.17, 15) is 27.6 Å². The molecule has 8 heteroatoms. The topological polar surface area (TPSA) is 69.7 Å². The number of esters is 2. The van der Waals surface area contributed by atoms with Gasteiger partial charge in [-0.05, 0) is 55.2 Å². The molecule has 1 unspecified atom stereocenters. The fourth-order valence-electron chi connectivity index (χ4n) is 4.38. The second-order valence-electron chi connectivity index (χ2n) is 10.5. The number of carbonyl (C=O) groups excluding carboxylic acids is 3. The van der Waals surface area contributed by atoms with Crippen molar-refractivity contribution < 1.29 is 37.0 Å². The van der Waals surface area contributed by atoms with E-state index in [2.05, 4.69) is 6.92 Å². The van der Waals surface area contributed by atoms with E-state index in [1.807, 2.05) is 6.92 Å². The molecule has 42 heavy (non-hydrogen) atoms. The first-order valence-electron chi connectivity index (χ1n) is 15.0. The van der Waals surface area contributed by atoms with Crippen molar-refractivity contribution in [3.05, 3.63) is 71.3 Å². The van der Waals surface area contributed by atoms with Crippen molar-refractivity contribution in [2.24, 2.45) is 0 Å². The number of benzene rings is 2. The molecule has 0 aliphatic carbocycles. The van der Waals surface area contributed by atoms with Crippen molar-refractivity contribution in [2.45, 2.75) is 110 Å². The summed E-state index contributed by atoms with van der Waals surface area (Å²) in [4.78, 5) is 36.9. The van der Waals surface area contributed by atoms with Crippen LogP contribution in [0.1, 0.15) is 124 Å². The standard InChI is InChI=1S/C34H43F3O5/c1-3-5-7-9-10-11-12-14-30(38)27-19-16-26(17-20-27)18-25-32(39)41-29-23-21-28(22-24-29)33(40)42-31(34(35,36)37)15-13-8-6-4-2/h16-25,31H,3-15H2,1-2H3. The Labute approximate surface area is 247 Å². The van der Waals surface area contributed by atoms with Gasteiger partial charge in [-0.3, -0.25) is 4.79 Å². The van der Waals surface area contributed by atoms with Gasteiger partial charge in [-0.25, -0.2) is 9.59 Å². The molecular formula is C34H43F3O5. The third kappa shape index (κ3) is 13.5. The summed E-state index contributed by atoms with van der Waals surface area (Å²) in [6, 6.07) is 12.1. The van der Waals surface area contributed by atoms with E-state index >= 15 is 0 Å². The maximum absolute atomic E-state index is 13.3. The SMILES string of the molecule is CCCCCCCCCC(=O)c1ccc(C=CC(=O)Oc2ccc(C(=O)OC(CCCCCC)C(F)(F)F)cc2)cc1. The fraction of sp³-hybridized carbons (Fsp3) is 0.500. The van der Waals surface area contributed by atoms with Crippen molar-refractivity contribution in [2.75, 3.05) is 0 Å². The van der Waals surface area contributed by atoms with Gasteiger partial charge in [-0.15, -0.1) is 0 Å². The summed E-state index contributed by atoms with van der Waals surface area (Å²) in [5, 5.41) is 0. The third-order valence-corrected chi connectivity index (χ3v) is 6.89. The average molecular weight is 589 g/mol. The van der Waals surface area contributed by atoms with E-state index in [1.54, 1.807) is 30.3 Å². The number of Topliss-reactive ketones (excluding diaryl/α,β-unsaturated/α-hetero) is 1. The summed E-state index contributed by atoms with van der Waals surface area (Å²) < 4.78 is 49.9. The van der Waals surface area contributed by atoms with Crippen LogP contribution in [0.4, 0.5) is 13.2 Å². The summed E-state index contributed by atoms with van der Waals surface area (Å²) in [7, 11) is 0. The van der Waals surface area contributed by atoms with Crippen LogP contribution >= 0.6 is 0 Å². The van der Waals surface area contributed by atoms with Crippen molar-refractivity contribution in [1.29, 1.82) is 0 Å². The number of ketones is 1. The summed E-state index contributed by atoms with van der Waals surface area (Å²) in [6.45, 7) is 4.15. The molecule has 0 fully saturated rings. The Kier molecular flexibility index (Phi) is 15.7. The van der Waals surface area contributed by atoms with Crippen LogP contribution in [0.25, 0.3) is 6.08 Å². The molecule has 0 aliphatic heterocycles. The first kappa shape index (κ1) is 34.8. The first-order chi connectivity index (χ1) is 20.1. The molecule has 2 aromatic rings. The maximum Gasteiger partial charge on any atom is 0.425 e. The van der Waals surface area contributed by atoms with E-state index in [0.29, 0.717) is 30.4 Å². The number of hydrogen-bond acceptors (Lipinski definition) is 5. The Morgan fingerprint density at radius 1 is 0.738 bits per heavy atom. The molecule has 0 radical (unpaired) electrons. The lowest BCUT2D eigenvalue weighted by molar-refractivity contribution is -0.206. The van der Waals surface area contributed by atoms with Gasteiger partial charge < -0.3 is 9.47 Å². The van der Waals surface area contributed by atoms with Crippen LogP contribution in [0, 0.1) is 0 Å². The minimum Gasteiger partial charge on any atom is -0.449 e. The second-order valence-corrected chi connectivity index (χ2v) is 10.5. The van der Waals surface area contributed by atoms with Crippen LogP contribution in [0.15, 0.2) is 54.6 Å². The van der Waals surface area contributed by atoms with Crippen LogP contribution in [0.5, 0.6) is 5.75 Å². The molecular weight excluding hydrogens is 545 g/mol. The summed E-state index contributed by atoms with van der Waals surface area (Å²) in [6.07, 6.45) is 6.92. The van der Waals surface area contributed by atoms with Gasteiger partial charge in [-0.2, -0.15) is 13.2 Å². The predicted octanol–water partition coefficient (Wildman–Crippen LogP) is 9.69. The number of rotatable bonds is 19. The Balaban J connectivity index is 1.81. The fourth-order valence-corrected chi connectivity index (χ4v) is 4.38. The van der Waals surface area contributed by atoms with Crippen molar-refractivity contribution in [3.8, 4) is 5.75 Å². The van der Waals surface area contributed by atoms with Crippen LogP contribution in [-0.2, 0) is 9.53 Å². The van der Waals surface area contributed by atoms with Crippen molar-refractivity contribution in [1.82, 2.24) is 0 Å². The predicted molar refractivity (Wildman–Crippen MR) is 159 cm³/mol. The van der Waals surface area contributed by atoms with Crippen LogP contribution in [-0.4, -0.2) is 30.0 Å². The third-order valence-electron chi connectivity index (χ3n) is 6.89. The van der Waals surface area contributed by atoms with E-state index in [-0.39, 0.29) is 23.5 Å². The molecule has 0 N–H and O–H groups in total. The quantitative estimate of drug-likeness (QED) is 0.0537. The molecule has 2 rings (SSSR count). The van der Waals surface area contributed by atoms with Gasteiger partial charge in [0.15, 0.2) is 11.9 Å². The number of unbranched alkanes of at least 4 members (excludes halogenated alkanes) is 9. The van der Waals surface area contributed by atoms with Gasteiger partial charge in [0.1, 0.15) is 5.75 Å². The summed E-state index contributed by atoms with van der Waals surface area (Å²) in [5.41, 5.74) is 1.28. The highest BCUT2D eigenvalue weighted by Gasteiger charge is 2.42. The normalized spacial score (nSPS) is 12.3. The zero-order valence-corrected chi connectivity index (χ0v) is 24.7. The highest BCUT2D eigenvalue weighted by atomic mass is 19.4. The molecule has 0 heterocycles. The van der Waals surface area contributed by atoms with Crippen LogP contribution in [0.3, 0.4) is 0 Å². The zero-order valence-electron chi connectivity index (χ0n) is 24.7. The molecule has 1 atom stereocenters. The smallest absolute Gasteiger partial charge is 0.425 e. The minimum absolute atomic E-state index is 0.0743. The zero-order chi connectivity index (χ0) is 30.8. The minimum atomic E-state index is -4.65. The van der Waals surface area contributed by atoms with Crippen molar-refractivity contribution >= 4 is 23.8 Å². The second kappa shape index (κ2) is 18.9.